The standard InChI is InChI=1S/C16H12BrF3N6O2/c1-7(8-2-9(16(18,19)20)4-10(3-8)26(27)28)24-14-11-5-12(17)13(21)25-15(11)23-6-22-14/h2-7H,1H3,(H3,21,22,23,24,25)/t7-/m1/s1. The molecule has 3 N–H and O–H groups in total. The summed E-state index contributed by atoms with van der Waals surface area (Å²) in [4.78, 5) is 22.4. The number of anilines is 2. The van der Waals surface area contributed by atoms with Gasteiger partial charge in [0.25, 0.3) is 5.69 Å². The summed E-state index contributed by atoms with van der Waals surface area (Å²) >= 11 is 3.25. The number of nitrogen functional groups attached to an aromatic ring is 1. The van der Waals surface area contributed by atoms with Crippen LogP contribution < -0.4 is 11.1 Å². The first-order valence-electron chi connectivity index (χ1n) is 7.76. The zero-order valence-electron chi connectivity index (χ0n) is 14.2. The Labute approximate surface area is 164 Å². The van der Waals surface area contributed by atoms with E-state index in [9.17, 15) is 23.3 Å². The molecule has 3 aromatic rings. The molecule has 0 aliphatic carbocycles. The summed E-state index contributed by atoms with van der Waals surface area (Å²) in [5.41, 5.74) is 4.34. The highest BCUT2D eigenvalue weighted by Crippen LogP contribution is 2.35. The van der Waals surface area contributed by atoms with E-state index in [1.807, 2.05) is 0 Å². The number of nitrogens with one attached hydrogen (secondary N) is 1. The number of halogens is 4. The Bertz CT molecular complexity index is 1080. The van der Waals surface area contributed by atoms with Crippen LogP contribution in [-0.4, -0.2) is 19.9 Å². The van der Waals surface area contributed by atoms with Crippen LogP contribution in [0.5, 0.6) is 0 Å². The van der Waals surface area contributed by atoms with E-state index < -0.39 is 28.4 Å². The highest BCUT2D eigenvalue weighted by Gasteiger charge is 2.33. The first-order chi connectivity index (χ1) is 13.1. The minimum atomic E-state index is -4.71. The number of non-ortho nitro benzene ring substituents is 1. The topological polar surface area (TPSA) is 120 Å². The molecule has 0 saturated heterocycles. The molecule has 2 heterocycles. The number of nitrogens with zero attached hydrogens (tertiary/aromatic N) is 4. The van der Waals surface area contributed by atoms with E-state index in [1.54, 1.807) is 13.0 Å². The van der Waals surface area contributed by atoms with Crippen molar-refractivity contribution in [3.8, 4) is 0 Å². The molecule has 0 aliphatic heterocycles. The second-order valence-electron chi connectivity index (χ2n) is 5.88. The van der Waals surface area contributed by atoms with Crippen molar-refractivity contribution in [3.63, 3.8) is 0 Å². The third kappa shape index (κ3) is 3.96. The maximum absolute atomic E-state index is 13.1. The fraction of sp³-hybridized carbons (Fsp3) is 0.188. The molecule has 8 nitrogen and oxygen atoms in total. The summed E-state index contributed by atoms with van der Waals surface area (Å²) in [6, 6.07) is 3.35. The van der Waals surface area contributed by atoms with Gasteiger partial charge in [-0.05, 0) is 40.5 Å². The molecule has 3 rings (SSSR count). The molecule has 0 unspecified atom stereocenters. The Hall–Kier alpha value is -3.02. The molecule has 0 saturated carbocycles. The molecule has 2 aromatic heterocycles. The number of benzene rings is 1. The van der Waals surface area contributed by atoms with Crippen molar-refractivity contribution >= 4 is 44.3 Å². The molecule has 0 amide bonds. The van der Waals surface area contributed by atoms with E-state index in [-0.39, 0.29) is 11.4 Å². The lowest BCUT2D eigenvalue weighted by Gasteiger charge is -2.18. The van der Waals surface area contributed by atoms with Gasteiger partial charge in [-0.1, -0.05) is 0 Å². The van der Waals surface area contributed by atoms with Crippen molar-refractivity contribution in [1.29, 1.82) is 0 Å². The van der Waals surface area contributed by atoms with Gasteiger partial charge >= 0.3 is 6.18 Å². The number of rotatable bonds is 4. The van der Waals surface area contributed by atoms with Crippen molar-refractivity contribution in [2.24, 2.45) is 0 Å². The summed E-state index contributed by atoms with van der Waals surface area (Å²) in [7, 11) is 0. The summed E-state index contributed by atoms with van der Waals surface area (Å²) in [6.45, 7) is 1.56. The largest absolute Gasteiger partial charge is 0.416 e. The molecule has 0 bridgehead atoms. The van der Waals surface area contributed by atoms with Crippen LogP contribution >= 0.6 is 15.9 Å². The third-order valence-electron chi connectivity index (χ3n) is 3.94. The highest BCUT2D eigenvalue weighted by atomic mass is 79.9. The first kappa shape index (κ1) is 19.7. The Kier molecular flexibility index (Phi) is 5.06. The van der Waals surface area contributed by atoms with Gasteiger partial charge in [0.2, 0.25) is 0 Å². The average molecular weight is 457 g/mol. The lowest BCUT2D eigenvalue weighted by Crippen LogP contribution is -2.12. The van der Waals surface area contributed by atoms with Crippen molar-refractivity contribution < 1.29 is 18.1 Å². The van der Waals surface area contributed by atoms with E-state index in [0.29, 0.717) is 27.4 Å². The number of pyridine rings is 1. The predicted molar refractivity (Wildman–Crippen MR) is 99.6 cm³/mol. The second kappa shape index (κ2) is 7.19. The highest BCUT2D eigenvalue weighted by molar-refractivity contribution is 9.10. The summed E-state index contributed by atoms with van der Waals surface area (Å²) in [5.74, 6) is 0.518. The Morgan fingerprint density at radius 2 is 1.96 bits per heavy atom. The minimum Gasteiger partial charge on any atom is -0.383 e. The van der Waals surface area contributed by atoms with E-state index in [2.05, 4.69) is 36.2 Å². The monoisotopic (exact) mass is 456 g/mol. The summed E-state index contributed by atoms with van der Waals surface area (Å²) in [5, 5.41) is 14.5. The Morgan fingerprint density at radius 1 is 1.25 bits per heavy atom. The van der Waals surface area contributed by atoms with Crippen molar-refractivity contribution in [1.82, 2.24) is 15.0 Å². The van der Waals surface area contributed by atoms with Crippen LogP contribution in [0.25, 0.3) is 11.0 Å². The second-order valence-corrected chi connectivity index (χ2v) is 6.74. The molecular formula is C16H12BrF3N6O2. The number of fused-ring (bicyclic) bond motifs is 1. The molecule has 0 aliphatic rings. The summed E-state index contributed by atoms with van der Waals surface area (Å²) < 4.78 is 39.8. The fourth-order valence-electron chi connectivity index (χ4n) is 2.53. The molecular weight excluding hydrogens is 445 g/mol. The maximum Gasteiger partial charge on any atom is 0.416 e. The third-order valence-corrected chi connectivity index (χ3v) is 4.57. The number of aromatic nitrogens is 3. The Morgan fingerprint density at radius 3 is 2.61 bits per heavy atom. The van der Waals surface area contributed by atoms with E-state index in [0.717, 1.165) is 12.1 Å². The van der Waals surface area contributed by atoms with Gasteiger partial charge in [-0.15, -0.1) is 0 Å². The van der Waals surface area contributed by atoms with Gasteiger partial charge in [0, 0.05) is 12.1 Å². The van der Waals surface area contributed by atoms with Gasteiger partial charge in [-0.25, -0.2) is 15.0 Å². The number of hydrogen-bond donors (Lipinski definition) is 2. The van der Waals surface area contributed by atoms with Gasteiger partial charge in [-0.3, -0.25) is 10.1 Å². The predicted octanol–water partition coefficient (Wildman–Crippen LogP) is 4.47. The number of nitro groups is 1. The number of alkyl halides is 3. The van der Waals surface area contributed by atoms with Gasteiger partial charge < -0.3 is 11.1 Å². The van der Waals surface area contributed by atoms with Crippen LogP contribution in [0.1, 0.15) is 24.1 Å². The first-order valence-corrected chi connectivity index (χ1v) is 8.55. The maximum atomic E-state index is 13.1. The molecule has 0 fully saturated rings. The summed E-state index contributed by atoms with van der Waals surface area (Å²) in [6.07, 6.45) is -3.49. The molecule has 146 valence electrons. The van der Waals surface area contributed by atoms with Gasteiger partial charge in [-0.2, -0.15) is 13.2 Å². The zero-order chi connectivity index (χ0) is 20.6. The molecule has 28 heavy (non-hydrogen) atoms. The molecule has 0 radical (unpaired) electrons. The van der Waals surface area contributed by atoms with Crippen molar-refractivity contribution in [3.05, 3.63) is 56.3 Å². The fourth-order valence-corrected chi connectivity index (χ4v) is 2.85. The molecule has 1 atom stereocenters. The molecule has 1 aromatic carbocycles. The van der Waals surface area contributed by atoms with Crippen LogP contribution in [-0.2, 0) is 6.18 Å². The van der Waals surface area contributed by atoms with E-state index in [1.165, 1.54) is 6.33 Å². The quantitative estimate of drug-likeness (QED) is 0.438. The average Bonchev–Trinajstić information content (AvgIpc) is 2.62. The number of nitrogens with two attached hydrogens (primary N) is 1. The van der Waals surface area contributed by atoms with Crippen LogP contribution in [0.15, 0.2) is 35.1 Å². The lowest BCUT2D eigenvalue weighted by molar-refractivity contribution is -0.385. The van der Waals surface area contributed by atoms with Gasteiger partial charge in [0.1, 0.15) is 18.0 Å². The number of hydrogen-bond acceptors (Lipinski definition) is 7. The molecule has 0 spiro atoms. The van der Waals surface area contributed by atoms with Crippen LogP contribution in [0.2, 0.25) is 0 Å². The smallest absolute Gasteiger partial charge is 0.383 e. The van der Waals surface area contributed by atoms with E-state index in [4.69, 9.17) is 5.73 Å². The Balaban J connectivity index is 2.03. The normalized spacial score (nSPS) is 12.8. The molecule has 12 heteroatoms. The van der Waals surface area contributed by atoms with Crippen molar-refractivity contribution in [2.75, 3.05) is 11.1 Å². The lowest BCUT2D eigenvalue weighted by atomic mass is 10.0. The number of nitro benzene ring substituents is 1. The van der Waals surface area contributed by atoms with Gasteiger partial charge in [0.05, 0.1) is 26.4 Å². The van der Waals surface area contributed by atoms with Crippen molar-refractivity contribution in [2.45, 2.75) is 19.1 Å². The minimum absolute atomic E-state index is 0.0794. The van der Waals surface area contributed by atoms with Gasteiger partial charge in [0.15, 0.2) is 5.65 Å². The van der Waals surface area contributed by atoms with Crippen LogP contribution in [0.3, 0.4) is 0 Å². The SMILES string of the molecule is C[C@@H](Nc1ncnc2nc(N)c(Br)cc12)c1cc([N+](=O)[O-])cc(C(F)(F)F)c1. The van der Waals surface area contributed by atoms with Crippen LogP contribution in [0.4, 0.5) is 30.5 Å². The zero-order valence-corrected chi connectivity index (χ0v) is 15.7. The van der Waals surface area contributed by atoms with Crippen LogP contribution in [0, 0.1) is 10.1 Å². The van der Waals surface area contributed by atoms with E-state index >= 15 is 0 Å².